The van der Waals surface area contributed by atoms with Gasteiger partial charge in [-0.25, -0.2) is 9.37 Å². The average Bonchev–Trinajstić information content (AvgIpc) is 3.16. The predicted octanol–water partition coefficient (Wildman–Crippen LogP) is 3.96. The highest BCUT2D eigenvalue weighted by Crippen LogP contribution is 2.30. The molecule has 2 heterocycles. The number of anilines is 1. The third-order valence-corrected chi connectivity index (χ3v) is 6.52. The average molecular weight is 428 g/mol. The molecule has 1 aliphatic heterocycles. The van der Waals surface area contributed by atoms with Gasteiger partial charge in [-0.15, -0.1) is 0 Å². The molecule has 0 aliphatic carbocycles. The number of rotatable bonds is 6. The molecule has 0 N–H and O–H groups in total. The van der Waals surface area contributed by atoms with E-state index >= 15 is 0 Å². The minimum absolute atomic E-state index is 0.0188. The molecule has 0 saturated carbocycles. The van der Waals surface area contributed by atoms with Crippen molar-refractivity contribution < 1.29 is 13.9 Å². The number of hydrogen-bond acceptors (Lipinski definition) is 5. The van der Waals surface area contributed by atoms with Gasteiger partial charge in [0.1, 0.15) is 11.3 Å². The van der Waals surface area contributed by atoms with Gasteiger partial charge in [0.2, 0.25) is 5.91 Å². The second-order valence-corrected chi connectivity index (χ2v) is 8.70. The van der Waals surface area contributed by atoms with Crippen LogP contribution in [-0.2, 0) is 16.0 Å². The van der Waals surface area contributed by atoms with Gasteiger partial charge in [0.15, 0.2) is 5.13 Å². The van der Waals surface area contributed by atoms with Gasteiger partial charge in [-0.3, -0.25) is 14.6 Å². The summed E-state index contributed by atoms with van der Waals surface area (Å²) in [6.45, 7) is 8.46. The second kappa shape index (κ2) is 9.20. The number of carbonyl (C=O) groups is 1. The van der Waals surface area contributed by atoms with Crippen molar-refractivity contribution in [3.8, 4) is 0 Å². The Morgan fingerprint density at radius 2 is 2.03 bits per heavy atom. The number of benzene rings is 2. The molecule has 0 bridgehead atoms. The highest BCUT2D eigenvalue weighted by molar-refractivity contribution is 7.22. The molecular formula is C23H26FN3O2S. The van der Waals surface area contributed by atoms with Crippen molar-refractivity contribution >= 4 is 32.6 Å². The van der Waals surface area contributed by atoms with Gasteiger partial charge < -0.3 is 4.74 Å². The first-order chi connectivity index (χ1) is 14.5. The zero-order chi connectivity index (χ0) is 21.1. The fourth-order valence-corrected chi connectivity index (χ4v) is 4.74. The van der Waals surface area contributed by atoms with Crippen LogP contribution in [0.5, 0.6) is 0 Å². The summed E-state index contributed by atoms with van der Waals surface area (Å²) in [6, 6.07) is 11.1. The van der Waals surface area contributed by atoms with Crippen LogP contribution in [-0.4, -0.2) is 55.2 Å². The molecule has 2 aromatic carbocycles. The van der Waals surface area contributed by atoms with E-state index in [0.717, 1.165) is 35.5 Å². The van der Waals surface area contributed by atoms with Crippen molar-refractivity contribution in [2.45, 2.75) is 20.3 Å². The number of thiazole rings is 1. The molecule has 1 saturated heterocycles. The standard InChI is InChI=1S/C23H26FN3O2S/c1-16-6-7-18(17(2)14-16)15-21(28)27(9-8-26-10-12-29-13-11-26)23-25-22-19(24)4-3-5-20(22)30-23/h3-7,14H,8-13,15H2,1-2H3. The van der Waals surface area contributed by atoms with Gasteiger partial charge >= 0.3 is 0 Å². The van der Waals surface area contributed by atoms with Crippen LogP contribution in [0.1, 0.15) is 16.7 Å². The Labute approximate surface area is 180 Å². The quantitative estimate of drug-likeness (QED) is 0.597. The Bertz CT molecular complexity index is 1050. The van der Waals surface area contributed by atoms with E-state index in [9.17, 15) is 9.18 Å². The van der Waals surface area contributed by atoms with E-state index in [1.807, 2.05) is 32.0 Å². The van der Waals surface area contributed by atoms with Gasteiger partial charge in [-0.05, 0) is 37.1 Å². The lowest BCUT2D eigenvalue weighted by Gasteiger charge is -2.29. The third-order valence-electron chi connectivity index (χ3n) is 5.47. The maximum atomic E-state index is 14.2. The maximum Gasteiger partial charge on any atom is 0.233 e. The number of halogens is 1. The molecule has 0 spiro atoms. The zero-order valence-electron chi connectivity index (χ0n) is 17.4. The van der Waals surface area contributed by atoms with E-state index in [1.165, 1.54) is 23.0 Å². The first-order valence-corrected chi connectivity index (χ1v) is 11.0. The molecule has 30 heavy (non-hydrogen) atoms. The van der Waals surface area contributed by atoms with Crippen molar-refractivity contribution in [1.82, 2.24) is 9.88 Å². The van der Waals surface area contributed by atoms with Crippen molar-refractivity contribution in [2.75, 3.05) is 44.3 Å². The number of ether oxygens (including phenoxy) is 1. The molecule has 1 aromatic heterocycles. The zero-order valence-corrected chi connectivity index (χ0v) is 18.2. The number of carbonyl (C=O) groups excluding carboxylic acids is 1. The molecule has 3 aromatic rings. The number of aromatic nitrogens is 1. The SMILES string of the molecule is Cc1ccc(CC(=O)N(CCN2CCOCC2)c2nc3c(F)cccc3s2)c(C)c1. The van der Waals surface area contributed by atoms with Crippen LogP contribution in [0.15, 0.2) is 36.4 Å². The largest absolute Gasteiger partial charge is 0.379 e. The molecule has 1 aliphatic rings. The summed E-state index contributed by atoms with van der Waals surface area (Å²) in [5.41, 5.74) is 3.61. The molecule has 5 nitrogen and oxygen atoms in total. The summed E-state index contributed by atoms with van der Waals surface area (Å²) in [5, 5.41) is 0.554. The van der Waals surface area contributed by atoms with Crippen LogP contribution < -0.4 is 4.90 Å². The van der Waals surface area contributed by atoms with Crippen LogP contribution in [0.2, 0.25) is 0 Å². The van der Waals surface area contributed by atoms with Crippen LogP contribution in [0, 0.1) is 19.7 Å². The minimum atomic E-state index is -0.357. The van der Waals surface area contributed by atoms with Crippen molar-refractivity contribution in [3.63, 3.8) is 0 Å². The fourth-order valence-electron chi connectivity index (χ4n) is 3.71. The fraction of sp³-hybridized carbons (Fsp3) is 0.391. The van der Waals surface area contributed by atoms with Crippen LogP contribution in [0.3, 0.4) is 0 Å². The number of nitrogens with zero attached hydrogens (tertiary/aromatic N) is 3. The van der Waals surface area contributed by atoms with Gasteiger partial charge in [-0.2, -0.15) is 0 Å². The lowest BCUT2D eigenvalue weighted by molar-refractivity contribution is -0.118. The molecule has 1 amide bonds. The molecule has 0 atom stereocenters. The van der Waals surface area contributed by atoms with Crippen LogP contribution >= 0.6 is 11.3 Å². The first kappa shape index (κ1) is 20.9. The summed E-state index contributed by atoms with van der Waals surface area (Å²) in [4.78, 5) is 21.8. The smallest absolute Gasteiger partial charge is 0.233 e. The van der Waals surface area contributed by atoms with E-state index in [-0.39, 0.29) is 11.7 Å². The number of morpholine rings is 1. The Morgan fingerprint density at radius 3 is 2.77 bits per heavy atom. The number of amides is 1. The molecular weight excluding hydrogens is 401 g/mol. The van der Waals surface area contributed by atoms with Crippen molar-refractivity contribution in [2.24, 2.45) is 0 Å². The topological polar surface area (TPSA) is 45.7 Å². The Morgan fingerprint density at radius 1 is 1.23 bits per heavy atom. The lowest BCUT2D eigenvalue weighted by Crippen LogP contribution is -2.43. The third kappa shape index (κ3) is 4.69. The van der Waals surface area contributed by atoms with Gasteiger partial charge in [0.05, 0.1) is 24.3 Å². The van der Waals surface area contributed by atoms with E-state index in [1.54, 1.807) is 11.0 Å². The first-order valence-electron chi connectivity index (χ1n) is 10.2. The van der Waals surface area contributed by atoms with Gasteiger partial charge in [0, 0.05) is 26.2 Å². The molecule has 0 radical (unpaired) electrons. The Kier molecular flexibility index (Phi) is 6.41. The van der Waals surface area contributed by atoms with Gasteiger partial charge in [0.25, 0.3) is 0 Å². The van der Waals surface area contributed by atoms with E-state index < -0.39 is 0 Å². The van der Waals surface area contributed by atoms with E-state index in [2.05, 4.69) is 16.0 Å². The number of aryl methyl sites for hydroxylation is 2. The number of hydrogen-bond donors (Lipinski definition) is 0. The van der Waals surface area contributed by atoms with E-state index in [4.69, 9.17) is 4.74 Å². The van der Waals surface area contributed by atoms with Crippen LogP contribution in [0.4, 0.5) is 9.52 Å². The summed E-state index contributed by atoms with van der Waals surface area (Å²) < 4.78 is 20.4. The van der Waals surface area contributed by atoms with Crippen molar-refractivity contribution in [3.05, 3.63) is 58.9 Å². The molecule has 0 unspecified atom stereocenters. The van der Waals surface area contributed by atoms with Crippen molar-refractivity contribution in [1.29, 1.82) is 0 Å². The van der Waals surface area contributed by atoms with Gasteiger partial charge in [-0.1, -0.05) is 41.2 Å². The predicted molar refractivity (Wildman–Crippen MR) is 119 cm³/mol. The summed E-state index contributed by atoms with van der Waals surface area (Å²) in [5.74, 6) is -0.375. The molecule has 7 heteroatoms. The number of para-hydroxylation sites is 1. The molecule has 158 valence electrons. The minimum Gasteiger partial charge on any atom is -0.379 e. The van der Waals surface area contributed by atoms with Crippen LogP contribution in [0.25, 0.3) is 10.2 Å². The summed E-state index contributed by atoms with van der Waals surface area (Å²) in [7, 11) is 0. The Balaban J connectivity index is 1.59. The summed E-state index contributed by atoms with van der Waals surface area (Å²) >= 11 is 1.36. The monoisotopic (exact) mass is 427 g/mol. The second-order valence-electron chi connectivity index (χ2n) is 7.69. The number of fused-ring (bicyclic) bond motifs is 1. The molecule has 1 fully saturated rings. The highest BCUT2D eigenvalue weighted by atomic mass is 32.1. The lowest BCUT2D eigenvalue weighted by atomic mass is 10.0. The maximum absolute atomic E-state index is 14.2. The summed E-state index contributed by atoms with van der Waals surface area (Å²) in [6.07, 6.45) is 0.299. The normalized spacial score (nSPS) is 14.9. The Hall–Kier alpha value is -2.35. The molecule has 4 rings (SSSR count). The highest BCUT2D eigenvalue weighted by Gasteiger charge is 2.23. The van der Waals surface area contributed by atoms with E-state index in [0.29, 0.717) is 36.8 Å².